The molecule has 94 valence electrons. The molecule has 0 aliphatic rings. The summed E-state index contributed by atoms with van der Waals surface area (Å²) >= 11 is 6.01. The van der Waals surface area contributed by atoms with Gasteiger partial charge < -0.3 is 10.6 Å². The molecule has 0 aliphatic carbocycles. The molecule has 0 radical (unpaired) electrons. The van der Waals surface area contributed by atoms with Crippen molar-refractivity contribution in [2.75, 3.05) is 17.7 Å². The molecule has 2 rings (SSSR count). The van der Waals surface area contributed by atoms with Crippen molar-refractivity contribution in [2.45, 2.75) is 13.5 Å². The first kappa shape index (κ1) is 12.8. The standard InChI is InChI=1S/C15H17ClN2/c1-11-5-3-4-6-12(11)10-18(2)15-9-13(16)7-8-14(15)17/h3-9H,10,17H2,1-2H3. The first-order valence-corrected chi connectivity index (χ1v) is 6.26. The van der Waals surface area contributed by atoms with E-state index < -0.39 is 0 Å². The molecule has 0 aromatic heterocycles. The number of aryl methyl sites for hydroxylation is 1. The molecule has 0 unspecified atom stereocenters. The Labute approximate surface area is 113 Å². The minimum absolute atomic E-state index is 0.704. The summed E-state index contributed by atoms with van der Waals surface area (Å²) in [5.41, 5.74) is 10.3. The van der Waals surface area contributed by atoms with Gasteiger partial charge >= 0.3 is 0 Å². The predicted molar refractivity (Wildman–Crippen MR) is 79.2 cm³/mol. The van der Waals surface area contributed by atoms with Crippen LogP contribution < -0.4 is 10.6 Å². The topological polar surface area (TPSA) is 29.3 Å². The van der Waals surface area contributed by atoms with Gasteiger partial charge in [0, 0.05) is 18.6 Å². The van der Waals surface area contributed by atoms with Gasteiger partial charge in [-0.15, -0.1) is 0 Å². The van der Waals surface area contributed by atoms with Gasteiger partial charge in [-0.3, -0.25) is 0 Å². The number of halogens is 1. The Kier molecular flexibility index (Phi) is 3.78. The van der Waals surface area contributed by atoms with Crippen LogP contribution in [0.2, 0.25) is 5.02 Å². The van der Waals surface area contributed by atoms with Crippen molar-refractivity contribution in [2.24, 2.45) is 0 Å². The molecule has 0 saturated carbocycles. The maximum Gasteiger partial charge on any atom is 0.0615 e. The fraction of sp³-hybridized carbons (Fsp3) is 0.200. The Morgan fingerprint density at radius 3 is 2.61 bits per heavy atom. The van der Waals surface area contributed by atoms with Crippen molar-refractivity contribution in [3.8, 4) is 0 Å². The van der Waals surface area contributed by atoms with Crippen molar-refractivity contribution in [3.63, 3.8) is 0 Å². The second-order valence-corrected chi connectivity index (χ2v) is 4.92. The van der Waals surface area contributed by atoms with Crippen LogP contribution >= 0.6 is 11.6 Å². The van der Waals surface area contributed by atoms with E-state index in [1.165, 1.54) is 11.1 Å². The molecular formula is C15H17ClN2. The average molecular weight is 261 g/mol. The average Bonchev–Trinajstić information content (AvgIpc) is 2.35. The van der Waals surface area contributed by atoms with E-state index in [1.807, 2.05) is 31.3 Å². The normalized spacial score (nSPS) is 10.4. The van der Waals surface area contributed by atoms with Crippen LogP contribution in [0.4, 0.5) is 11.4 Å². The Balaban J connectivity index is 2.25. The highest BCUT2D eigenvalue weighted by Gasteiger charge is 2.08. The molecule has 0 heterocycles. The molecule has 0 saturated heterocycles. The zero-order valence-corrected chi connectivity index (χ0v) is 11.4. The van der Waals surface area contributed by atoms with Crippen LogP contribution in [0.25, 0.3) is 0 Å². The van der Waals surface area contributed by atoms with Crippen molar-refractivity contribution < 1.29 is 0 Å². The van der Waals surface area contributed by atoms with Gasteiger partial charge in [-0.2, -0.15) is 0 Å². The van der Waals surface area contributed by atoms with E-state index in [9.17, 15) is 0 Å². The number of anilines is 2. The lowest BCUT2D eigenvalue weighted by Crippen LogP contribution is -2.18. The van der Waals surface area contributed by atoms with E-state index >= 15 is 0 Å². The number of nitrogen functional groups attached to an aromatic ring is 1. The second-order valence-electron chi connectivity index (χ2n) is 4.49. The third-order valence-electron chi connectivity index (χ3n) is 3.07. The summed E-state index contributed by atoms with van der Waals surface area (Å²) in [6.45, 7) is 2.93. The van der Waals surface area contributed by atoms with Gasteiger partial charge in [0.15, 0.2) is 0 Å². The quantitative estimate of drug-likeness (QED) is 0.849. The van der Waals surface area contributed by atoms with E-state index in [2.05, 4.69) is 30.0 Å². The molecule has 0 bridgehead atoms. The number of nitrogens with zero attached hydrogens (tertiary/aromatic N) is 1. The lowest BCUT2D eigenvalue weighted by Gasteiger charge is -2.22. The van der Waals surface area contributed by atoms with Crippen LogP contribution in [0.3, 0.4) is 0 Å². The first-order valence-electron chi connectivity index (χ1n) is 5.88. The second kappa shape index (κ2) is 5.32. The number of nitrogens with two attached hydrogens (primary N) is 1. The summed E-state index contributed by atoms with van der Waals surface area (Å²) in [6, 6.07) is 13.9. The predicted octanol–water partition coefficient (Wildman–Crippen LogP) is 3.87. The molecule has 0 spiro atoms. The van der Waals surface area contributed by atoms with Crippen molar-refractivity contribution >= 4 is 23.0 Å². The molecule has 2 aromatic carbocycles. The zero-order chi connectivity index (χ0) is 13.1. The van der Waals surface area contributed by atoms with Gasteiger partial charge in [-0.25, -0.2) is 0 Å². The van der Waals surface area contributed by atoms with Gasteiger partial charge in [0.25, 0.3) is 0 Å². The maximum atomic E-state index is 6.01. The van der Waals surface area contributed by atoms with Crippen LogP contribution in [0, 0.1) is 6.92 Å². The zero-order valence-electron chi connectivity index (χ0n) is 10.7. The fourth-order valence-corrected chi connectivity index (χ4v) is 2.14. The highest BCUT2D eigenvalue weighted by Crippen LogP contribution is 2.27. The van der Waals surface area contributed by atoms with Crippen molar-refractivity contribution in [1.29, 1.82) is 0 Å². The molecule has 18 heavy (non-hydrogen) atoms. The molecule has 0 atom stereocenters. The molecular weight excluding hydrogens is 244 g/mol. The summed E-state index contributed by atoms with van der Waals surface area (Å²) in [7, 11) is 2.02. The molecule has 0 aliphatic heterocycles. The number of benzene rings is 2. The van der Waals surface area contributed by atoms with Crippen LogP contribution in [0.15, 0.2) is 42.5 Å². The van der Waals surface area contributed by atoms with Crippen LogP contribution in [0.1, 0.15) is 11.1 Å². The van der Waals surface area contributed by atoms with Crippen molar-refractivity contribution in [3.05, 3.63) is 58.6 Å². The van der Waals surface area contributed by atoms with E-state index in [0.29, 0.717) is 5.02 Å². The fourth-order valence-electron chi connectivity index (χ4n) is 1.98. The first-order chi connectivity index (χ1) is 8.58. The monoisotopic (exact) mass is 260 g/mol. The number of rotatable bonds is 3. The minimum atomic E-state index is 0.704. The molecule has 2 N–H and O–H groups in total. The summed E-state index contributed by atoms with van der Waals surface area (Å²) in [4.78, 5) is 2.11. The third kappa shape index (κ3) is 2.77. The van der Waals surface area contributed by atoms with Gasteiger partial charge in [0.1, 0.15) is 0 Å². The van der Waals surface area contributed by atoms with Crippen LogP contribution in [0.5, 0.6) is 0 Å². The summed E-state index contributed by atoms with van der Waals surface area (Å²) in [6.07, 6.45) is 0. The third-order valence-corrected chi connectivity index (χ3v) is 3.31. The van der Waals surface area contributed by atoms with Crippen LogP contribution in [-0.4, -0.2) is 7.05 Å². The molecule has 0 fully saturated rings. The van der Waals surface area contributed by atoms with Gasteiger partial charge in [0.2, 0.25) is 0 Å². The van der Waals surface area contributed by atoms with E-state index in [1.54, 1.807) is 0 Å². The largest absolute Gasteiger partial charge is 0.397 e. The minimum Gasteiger partial charge on any atom is -0.397 e. The Hall–Kier alpha value is -1.67. The number of hydrogen-bond acceptors (Lipinski definition) is 2. The van der Waals surface area contributed by atoms with Gasteiger partial charge in [-0.05, 0) is 36.2 Å². The Bertz CT molecular complexity index is 552. The van der Waals surface area contributed by atoms with Crippen LogP contribution in [-0.2, 0) is 6.54 Å². The van der Waals surface area contributed by atoms with Gasteiger partial charge in [0.05, 0.1) is 11.4 Å². The SMILES string of the molecule is Cc1ccccc1CN(C)c1cc(Cl)ccc1N. The highest BCUT2D eigenvalue weighted by atomic mass is 35.5. The smallest absolute Gasteiger partial charge is 0.0615 e. The highest BCUT2D eigenvalue weighted by molar-refractivity contribution is 6.31. The molecule has 2 nitrogen and oxygen atoms in total. The van der Waals surface area contributed by atoms with Crippen molar-refractivity contribution in [1.82, 2.24) is 0 Å². The van der Waals surface area contributed by atoms with E-state index in [-0.39, 0.29) is 0 Å². The number of hydrogen-bond donors (Lipinski definition) is 1. The Morgan fingerprint density at radius 1 is 1.17 bits per heavy atom. The lowest BCUT2D eigenvalue weighted by atomic mass is 10.1. The molecule has 0 amide bonds. The summed E-state index contributed by atoms with van der Waals surface area (Å²) < 4.78 is 0. The summed E-state index contributed by atoms with van der Waals surface area (Å²) in [5.74, 6) is 0. The lowest BCUT2D eigenvalue weighted by molar-refractivity contribution is 0.916. The molecule has 2 aromatic rings. The van der Waals surface area contributed by atoms with E-state index in [0.717, 1.165) is 17.9 Å². The van der Waals surface area contributed by atoms with E-state index in [4.69, 9.17) is 17.3 Å². The Morgan fingerprint density at radius 2 is 1.89 bits per heavy atom. The molecule has 3 heteroatoms. The maximum absolute atomic E-state index is 6.01. The van der Waals surface area contributed by atoms with Gasteiger partial charge in [-0.1, -0.05) is 35.9 Å². The summed E-state index contributed by atoms with van der Waals surface area (Å²) in [5, 5.41) is 0.704.